The Hall–Kier alpha value is -2.21. The fraction of sp³-hybridized carbons (Fsp3) is 0.150. The lowest BCUT2D eigenvalue weighted by Crippen LogP contribution is -2.10. The van der Waals surface area contributed by atoms with Crippen molar-refractivity contribution in [3.8, 4) is 0 Å². The van der Waals surface area contributed by atoms with Crippen LogP contribution in [0.4, 0.5) is 4.39 Å². The molecule has 0 fully saturated rings. The van der Waals surface area contributed by atoms with E-state index in [1.54, 1.807) is 48.0 Å². The van der Waals surface area contributed by atoms with E-state index in [2.05, 4.69) is 4.98 Å². The van der Waals surface area contributed by atoms with E-state index in [0.29, 0.717) is 34.1 Å². The molecule has 1 aliphatic heterocycles. The molecule has 6 heteroatoms. The molecule has 0 saturated heterocycles. The third-order valence-electron chi connectivity index (χ3n) is 4.39. The summed E-state index contributed by atoms with van der Waals surface area (Å²) < 4.78 is 20.4. The fourth-order valence-electron chi connectivity index (χ4n) is 3.16. The Morgan fingerprint density at radius 3 is 2.85 bits per heavy atom. The molecule has 2 atom stereocenters. The number of benzene rings is 1. The van der Waals surface area contributed by atoms with Crippen LogP contribution in [0, 0.1) is 5.82 Å². The summed E-state index contributed by atoms with van der Waals surface area (Å²) >= 11 is 7.46. The lowest BCUT2D eigenvalue weighted by molar-refractivity contribution is 0.209. The van der Waals surface area contributed by atoms with Gasteiger partial charge in [0.1, 0.15) is 17.7 Å². The number of hydrogen-bond donors (Lipinski definition) is 1. The quantitative estimate of drug-likeness (QED) is 0.669. The van der Waals surface area contributed by atoms with Crippen molar-refractivity contribution in [1.82, 2.24) is 4.98 Å². The topological polar surface area (TPSA) is 42.4 Å². The summed E-state index contributed by atoms with van der Waals surface area (Å²) in [7, 11) is 0. The molecule has 0 saturated carbocycles. The van der Waals surface area contributed by atoms with Crippen LogP contribution in [0.15, 0.2) is 65.8 Å². The minimum Gasteiger partial charge on any atom is -0.492 e. The van der Waals surface area contributed by atoms with Crippen LogP contribution in [-0.2, 0) is 4.74 Å². The summed E-state index contributed by atoms with van der Waals surface area (Å²) in [6.45, 7) is 0.352. The normalized spacial score (nSPS) is 18.0. The summed E-state index contributed by atoms with van der Waals surface area (Å²) in [6, 6.07) is 12.0. The molecule has 0 spiro atoms. The summed E-state index contributed by atoms with van der Waals surface area (Å²) in [6.07, 6.45) is 2.31. The van der Waals surface area contributed by atoms with Crippen LogP contribution in [0.3, 0.4) is 0 Å². The number of rotatable bonds is 4. The van der Waals surface area contributed by atoms with Crippen LogP contribution in [-0.4, -0.2) is 16.7 Å². The highest BCUT2D eigenvalue weighted by Crippen LogP contribution is 2.46. The van der Waals surface area contributed by atoms with Gasteiger partial charge in [0.05, 0.1) is 18.1 Å². The zero-order valence-electron chi connectivity index (χ0n) is 13.6. The summed E-state index contributed by atoms with van der Waals surface area (Å²) in [5.41, 5.74) is 1.58. The number of thiophene rings is 1. The number of aliphatic hydroxyl groups is 1. The van der Waals surface area contributed by atoms with Gasteiger partial charge in [-0.15, -0.1) is 11.3 Å². The van der Waals surface area contributed by atoms with Crippen molar-refractivity contribution in [2.75, 3.05) is 6.61 Å². The Balaban J connectivity index is 1.86. The first-order valence-corrected chi connectivity index (χ1v) is 9.34. The van der Waals surface area contributed by atoms with E-state index < -0.39 is 11.9 Å². The molecule has 1 aliphatic rings. The second kappa shape index (κ2) is 7.19. The monoisotopic (exact) mass is 387 g/mol. The molecule has 0 bridgehead atoms. The maximum Gasteiger partial charge on any atom is 0.135 e. The molecule has 3 nitrogen and oxygen atoms in total. The van der Waals surface area contributed by atoms with E-state index >= 15 is 0 Å². The molecule has 26 heavy (non-hydrogen) atoms. The Kier molecular flexibility index (Phi) is 4.76. The van der Waals surface area contributed by atoms with E-state index in [0.717, 1.165) is 4.88 Å². The Morgan fingerprint density at radius 1 is 1.27 bits per heavy atom. The average molecular weight is 388 g/mol. The molecular formula is C20H15ClFNO2S. The van der Waals surface area contributed by atoms with Gasteiger partial charge in [-0.3, -0.25) is 4.98 Å². The standard InChI is InChI=1S/C20H15ClFNO2S/c21-13-5-6-14(16(22)9-13)20-18(19(24)12-3-1-7-23-10-12)15(11-25-20)17-4-2-8-26-17/h1-10,15,19,24H,11H2. The molecule has 0 radical (unpaired) electrons. The SMILES string of the molecule is OC(C1=C(c2ccc(Cl)cc2F)OCC1c1cccs1)c1cccnc1. The van der Waals surface area contributed by atoms with Crippen molar-refractivity contribution in [2.24, 2.45) is 0 Å². The molecule has 1 aromatic carbocycles. The number of aromatic nitrogens is 1. The van der Waals surface area contributed by atoms with Crippen molar-refractivity contribution in [1.29, 1.82) is 0 Å². The van der Waals surface area contributed by atoms with Crippen LogP contribution in [0.25, 0.3) is 5.76 Å². The van der Waals surface area contributed by atoms with E-state index in [1.165, 1.54) is 6.07 Å². The maximum absolute atomic E-state index is 14.5. The van der Waals surface area contributed by atoms with E-state index in [9.17, 15) is 9.50 Å². The van der Waals surface area contributed by atoms with Crippen LogP contribution in [0.5, 0.6) is 0 Å². The third-order valence-corrected chi connectivity index (χ3v) is 5.61. The molecule has 1 N–H and O–H groups in total. The number of hydrogen-bond acceptors (Lipinski definition) is 4. The molecule has 0 aliphatic carbocycles. The smallest absolute Gasteiger partial charge is 0.135 e. The van der Waals surface area contributed by atoms with Crippen molar-refractivity contribution in [2.45, 2.75) is 12.0 Å². The highest BCUT2D eigenvalue weighted by molar-refractivity contribution is 7.10. The highest BCUT2D eigenvalue weighted by Gasteiger charge is 2.36. The van der Waals surface area contributed by atoms with Crippen molar-refractivity contribution in [3.63, 3.8) is 0 Å². The minimum absolute atomic E-state index is 0.143. The van der Waals surface area contributed by atoms with Gasteiger partial charge in [-0.2, -0.15) is 0 Å². The van der Waals surface area contributed by atoms with E-state index in [4.69, 9.17) is 16.3 Å². The zero-order chi connectivity index (χ0) is 18.1. The first kappa shape index (κ1) is 17.2. The number of halogens is 2. The molecule has 0 amide bonds. The van der Waals surface area contributed by atoms with Gasteiger partial charge in [0.15, 0.2) is 0 Å². The predicted molar refractivity (Wildman–Crippen MR) is 101 cm³/mol. The van der Waals surface area contributed by atoms with Crippen LogP contribution in [0.1, 0.15) is 28.0 Å². The lowest BCUT2D eigenvalue weighted by Gasteiger charge is -2.18. The molecule has 3 aromatic rings. The average Bonchev–Trinajstić information content (AvgIpc) is 3.31. The van der Waals surface area contributed by atoms with Gasteiger partial charge < -0.3 is 9.84 Å². The van der Waals surface area contributed by atoms with E-state index in [1.807, 2.05) is 17.5 Å². The van der Waals surface area contributed by atoms with Crippen LogP contribution in [0.2, 0.25) is 5.02 Å². The predicted octanol–water partition coefficient (Wildman–Crippen LogP) is 5.19. The second-order valence-corrected chi connectivity index (χ2v) is 7.39. The number of aliphatic hydroxyl groups excluding tert-OH is 1. The number of pyridine rings is 1. The number of ether oxygens (including phenoxy) is 1. The Morgan fingerprint density at radius 2 is 2.15 bits per heavy atom. The van der Waals surface area contributed by atoms with Crippen LogP contribution < -0.4 is 0 Å². The molecule has 132 valence electrons. The molecule has 4 rings (SSSR count). The van der Waals surface area contributed by atoms with Gasteiger partial charge in [0.25, 0.3) is 0 Å². The highest BCUT2D eigenvalue weighted by atomic mass is 35.5. The van der Waals surface area contributed by atoms with Gasteiger partial charge in [0.2, 0.25) is 0 Å². The fourth-order valence-corrected chi connectivity index (χ4v) is 4.15. The molecule has 2 unspecified atom stereocenters. The Bertz CT molecular complexity index is 944. The van der Waals surface area contributed by atoms with Crippen molar-refractivity contribution in [3.05, 3.63) is 92.7 Å². The molecular weight excluding hydrogens is 373 g/mol. The molecule has 2 aromatic heterocycles. The van der Waals surface area contributed by atoms with Gasteiger partial charge in [-0.1, -0.05) is 23.7 Å². The first-order valence-electron chi connectivity index (χ1n) is 8.09. The van der Waals surface area contributed by atoms with Gasteiger partial charge in [-0.25, -0.2) is 4.39 Å². The second-order valence-electron chi connectivity index (χ2n) is 5.98. The van der Waals surface area contributed by atoms with Gasteiger partial charge in [0, 0.05) is 33.4 Å². The van der Waals surface area contributed by atoms with Gasteiger partial charge >= 0.3 is 0 Å². The maximum atomic E-state index is 14.5. The Labute approximate surface area is 159 Å². The minimum atomic E-state index is -0.941. The summed E-state index contributed by atoms with van der Waals surface area (Å²) in [5.74, 6) is -0.251. The molecule has 3 heterocycles. The zero-order valence-corrected chi connectivity index (χ0v) is 15.2. The van der Waals surface area contributed by atoms with E-state index in [-0.39, 0.29) is 5.92 Å². The van der Waals surface area contributed by atoms with Crippen molar-refractivity contribution >= 4 is 28.7 Å². The van der Waals surface area contributed by atoms with Crippen LogP contribution >= 0.6 is 22.9 Å². The van der Waals surface area contributed by atoms with Crippen molar-refractivity contribution < 1.29 is 14.2 Å². The largest absolute Gasteiger partial charge is 0.492 e. The number of nitrogens with zero attached hydrogens (tertiary/aromatic N) is 1. The summed E-state index contributed by atoms with van der Waals surface area (Å²) in [4.78, 5) is 5.14. The first-order chi connectivity index (χ1) is 12.6. The van der Waals surface area contributed by atoms with Gasteiger partial charge in [-0.05, 0) is 35.7 Å². The third kappa shape index (κ3) is 3.14. The lowest BCUT2D eigenvalue weighted by atomic mass is 9.89. The summed E-state index contributed by atoms with van der Waals surface area (Å²) in [5, 5.41) is 13.3.